The van der Waals surface area contributed by atoms with Crippen molar-refractivity contribution in [3.05, 3.63) is 76.3 Å². The molecule has 1 saturated carbocycles. The van der Waals surface area contributed by atoms with Gasteiger partial charge in [0.25, 0.3) is 11.8 Å². The van der Waals surface area contributed by atoms with Gasteiger partial charge in [-0.05, 0) is 54.2 Å². The van der Waals surface area contributed by atoms with E-state index in [-0.39, 0.29) is 47.7 Å². The van der Waals surface area contributed by atoms with Gasteiger partial charge in [0.2, 0.25) is 0 Å². The minimum atomic E-state index is -0.993. The summed E-state index contributed by atoms with van der Waals surface area (Å²) in [6.07, 6.45) is 6.36. The molecule has 0 spiro atoms. The standard InChI is InChI=1S/C24H19ClN2O5/c25-18-7-8-19(32-12-13-1-3-14(4-2-13)24(30)31)17(10-18)11-26-27-22(28)20-15-5-6-16(9-15)21(20)23(27)29/h1-8,10-11,15-16,20-21H,9,12H2,(H,30,31). The molecular weight excluding hydrogens is 432 g/mol. The zero-order valence-electron chi connectivity index (χ0n) is 16.8. The SMILES string of the molecule is O=C(O)c1ccc(COc2ccc(Cl)cc2C=NN2C(=O)C3C4C=CC(C4)C3C2=O)cc1. The van der Waals surface area contributed by atoms with Gasteiger partial charge in [0.05, 0.1) is 23.6 Å². The summed E-state index contributed by atoms with van der Waals surface area (Å²) in [6, 6.07) is 11.4. The second-order valence-corrected chi connectivity index (χ2v) is 8.64. The fourth-order valence-corrected chi connectivity index (χ4v) is 4.96. The molecule has 1 saturated heterocycles. The third kappa shape index (κ3) is 3.48. The van der Waals surface area contributed by atoms with Crippen LogP contribution in [0, 0.1) is 23.7 Å². The number of hydrogen-bond donors (Lipinski definition) is 1. The number of allylic oxidation sites excluding steroid dienone is 2. The van der Waals surface area contributed by atoms with Crippen LogP contribution in [0.1, 0.15) is 27.9 Å². The third-order valence-corrected chi connectivity index (χ3v) is 6.56. The number of nitrogens with zero attached hydrogens (tertiary/aromatic N) is 2. The second-order valence-electron chi connectivity index (χ2n) is 8.21. The molecule has 3 aliphatic rings. The Morgan fingerprint density at radius 2 is 1.75 bits per heavy atom. The molecule has 2 amide bonds. The van der Waals surface area contributed by atoms with E-state index in [0.29, 0.717) is 16.3 Å². The number of carboxylic acids is 1. The number of carbonyl (C=O) groups excluding carboxylic acids is 2. The lowest BCUT2D eigenvalue weighted by Crippen LogP contribution is -2.28. The lowest BCUT2D eigenvalue weighted by atomic mass is 9.85. The number of aromatic carboxylic acids is 1. The van der Waals surface area contributed by atoms with Gasteiger partial charge in [-0.3, -0.25) is 9.59 Å². The zero-order valence-corrected chi connectivity index (χ0v) is 17.6. The maximum absolute atomic E-state index is 12.8. The quantitative estimate of drug-likeness (QED) is 0.410. The van der Waals surface area contributed by atoms with Crippen LogP contribution >= 0.6 is 11.6 Å². The minimum Gasteiger partial charge on any atom is -0.488 e. The van der Waals surface area contributed by atoms with Gasteiger partial charge in [0.15, 0.2) is 0 Å². The highest BCUT2D eigenvalue weighted by Crippen LogP contribution is 2.52. The Hall–Kier alpha value is -3.45. The summed E-state index contributed by atoms with van der Waals surface area (Å²) in [5.41, 5.74) is 1.51. The molecular formula is C24H19ClN2O5. The molecule has 4 unspecified atom stereocenters. The number of carboxylic acid groups (broad SMARTS) is 1. The molecule has 4 atom stereocenters. The van der Waals surface area contributed by atoms with E-state index in [9.17, 15) is 14.4 Å². The Balaban J connectivity index is 1.32. The fraction of sp³-hybridized carbons (Fsp3) is 0.250. The molecule has 1 N–H and O–H groups in total. The van der Waals surface area contributed by atoms with Gasteiger partial charge in [-0.1, -0.05) is 35.9 Å². The number of rotatable bonds is 6. The summed E-state index contributed by atoms with van der Waals surface area (Å²) in [5, 5.41) is 14.6. The van der Waals surface area contributed by atoms with Gasteiger partial charge in [-0.2, -0.15) is 10.1 Å². The molecule has 32 heavy (non-hydrogen) atoms. The van der Waals surface area contributed by atoms with E-state index < -0.39 is 5.97 Å². The fourth-order valence-electron chi connectivity index (χ4n) is 4.78. The maximum Gasteiger partial charge on any atom is 0.335 e. The molecule has 0 radical (unpaired) electrons. The first-order valence-corrected chi connectivity index (χ1v) is 10.6. The number of hydrazone groups is 1. The van der Waals surface area contributed by atoms with Crippen LogP contribution in [0.25, 0.3) is 0 Å². The molecule has 2 aliphatic carbocycles. The van der Waals surface area contributed by atoms with Crippen molar-refractivity contribution in [2.45, 2.75) is 13.0 Å². The molecule has 2 fully saturated rings. The first kappa shape index (κ1) is 20.5. The third-order valence-electron chi connectivity index (χ3n) is 6.33. The van der Waals surface area contributed by atoms with Gasteiger partial charge < -0.3 is 9.84 Å². The number of fused-ring (bicyclic) bond motifs is 5. The van der Waals surface area contributed by atoms with Crippen LogP contribution in [0.2, 0.25) is 5.02 Å². The van der Waals surface area contributed by atoms with Gasteiger partial charge in [-0.25, -0.2) is 4.79 Å². The van der Waals surface area contributed by atoms with Crippen molar-refractivity contribution in [2.75, 3.05) is 0 Å². The second kappa shape index (κ2) is 7.91. The summed E-state index contributed by atoms with van der Waals surface area (Å²) in [6.45, 7) is 0.198. The first-order valence-electron chi connectivity index (χ1n) is 10.3. The van der Waals surface area contributed by atoms with Crippen LogP contribution in [-0.4, -0.2) is 34.1 Å². The molecule has 162 valence electrons. The van der Waals surface area contributed by atoms with E-state index in [4.69, 9.17) is 21.4 Å². The van der Waals surface area contributed by atoms with Crippen LogP contribution in [0.5, 0.6) is 5.75 Å². The van der Waals surface area contributed by atoms with Gasteiger partial charge >= 0.3 is 5.97 Å². The molecule has 1 aliphatic heterocycles. The number of imide groups is 1. The Morgan fingerprint density at radius 1 is 1.09 bits per heavy atom. The van der Waals surface area contributed by atoms with Crippen LogP contribution in [0.3, 0.4) is 0 Å². The summed E-state index contributed by atoms with van der Waals surface area (Å²) >= 11 is 6.13. The molecule has 0 aromatic heterocycles. The van der Waals surface area contributed by atoms with E-state index in [2.05, 4.69) is 5.10 Å². The summed E-state index contributed by atoms with van der Waals surface area (Å²) in [4.78, 5) is 36.6. The highest BCUT2D eigenvalue weighted by molar-refractivity contribution is 6.31. The van der Waals surface area contributed by atoms with Gasteiger partial charge in [-0.15, -0.1) is 0 Å². The zero-order chi connectivity index (χ0) is 22.4. The maximum atomic E-state index is 12.8. The van der Waals surface area contributed by atoms with Crippen LogP contribution in [0.15, 0.2) is 59.7 Å². The van der Waals surface area contributed by atoms with E-state index in [1.807, 2.05) is 12.2 Å². The first-order chi connectivity index (χ1) is 15.4. The van der Waals surface area contributed by atoms with Crippen LogP contribution < -0.4 is 4.74 Å². The van der Waals surface area contributed by atoms with Crippen molar-refractivity contribution < 1.29 is 24.2 Å². The van der Waals surface area contributed by atoms with Crippen molar-refractivity contribution in [3.8, 4) is 5.75 Å². The smallest absolute Gasteiger partial charge is 0.335 e. The predicted molar refractivity (Wildman–Crippen MR) is 116 cm³/mol. The molecule has 7 nitrogen and oxygen atoms in total. The summed E-state index contributed by atoms with van der Waals surface area (Å²) in [5.74, 6) is -1.39. The topological polar surface area (TPSA) is 96.3 Å². The number of halogens is 1. The van der Waals surface area contributed by atoms with E-state index in [1.165, 1.54) is 18.3 Å². The Kier molecular flexibility index (Phi) is 5.06. The molecule has 2 aromatic carbocycles. The molecule has 2 bridgehead atoms. The monoisotopic (exact) mass is 450 g/mol. The number of hydrogen-bond acceptors (Lipinski definition) is 5. The minimum absolute atomic E-state index is 0.124. The van der Waals surface area contributed by atoms with Crippen molar-refractivity contribution in [1.82, 2.24) is 5.01 Å². The predicted octanol–water partition coefficient (Wildman–Crippen LogP) is 3.76. The van der Waals surface area contributed by atoms with E-state index in [1.54, 1.807) is 30.3 Å². The van der Waals surface area contributed by atoms with Crippen LogP contribution in [0.4, 0.5) is 0 Å². The summed E-state index contributed by atoms with van der Waals surface area (Å²) < 4.78 is 5.87. The van der Waals surface area contributed by atoms with E-state index >= 15 is 0 Å². The van der Waals surface area contributed by atoms with Crippen LogP contribution in [-0.2, 0) is 16.2 Å². The average Bonchev–Trinajstić information content (AvgIpc) is 3.46. The van der Waals surface area contributed by atoms with Gasteiger partial charge in [0, 0.05) is 10.6 Å². The Morgan fingerprint density at radius 3 is 2.38 bits per heavy atom. The normalized spacial score (nSPS) is 25.7. The van der Waals surface area contributed by atoms with Gasteiger partial charge in [0.1, 0.15) is 12.4 Å². The lowest BCUT2D eigenvalue weighted by molar-refractivity contribution is -0.140. The largest absolute Gasteiger partial charge is 0.488 e. The highest BCUT2D eigenvalue weighted by Gasteiger charge is 2.59. The van der Waals surface area contributed by atoms with E-state index in [0.717, 1.165) is 17.0 Å². The molecule has 5 rings (SSSR count). The number of carbonyl (C=O) groups is 3. The van der Waals surface area contributed by atoms with Crippen molar-refractivity contribution in [3.63, 3.8) is 0 Å². The molecule has 1 heterocycles. The Labute approximate surface area is 188 Å². The van der Waals surface area contributed by atoms with Crippen molar-refractivity contribution >= 4 is 35.6 Å². The lowest BCUT2D eigenvalue weighted by Gasteiger charge is -2.13. The number of amides is 2. The molecule has 2 aromatic rings. The average molecular weight is 451 g/mol. The molecule has 8 heteroatoms. The van der Waals surface area contributed by atoms with Crippen molar-refractivity contribution in [1.29, 1.82) is 0 Å². The number of benzene rings is 2. The number of ether oxygens (including phenoxy) is 1. The highest BCUT2D eigenvalue weighted by atomic mass is 35.5. The van der Waals surface area contributed by atoms with Crippen molar-refractivity contribution in [2.24, 2.45) is 28.8 Å². The Bertz CT molecular complexity index is 1140. The summed E-state index contributed by atoms with van der Waals surface area (Å²) in [7, 11) is 0.